The Bertz CT molecular complexity index is 1050. The zero-order chi connectivity index (χ0) is 21.0. The highest BCUT2D eigenvalue weighted by Gasteiger charge is 2.16. The zero-order valence-corrected chi connectivity index (χ0v) is 17.3. The minimum Gasteiger partial charge on any atom is -0.336 e. The maximum Gasteiger partial charge on any atom is 0.243 e. The Morgan fingerprint density at radius 1 is 1.17 bits per heavy atom. The molecule has 0 radical (unpaired) electrons. The van der Waals surface area contributed by atoms with Crippen LogP contribution < -0.4 is 5.32 Å². The lowest BCUT2D eigenvalue weighted by atomic mass is 10.1. The average molecular weight is 412 g/mol. The molecule has 1 heterocycles. The van der Waals surface area contributed by atoms with Gasteiger partial charge in [0.2, 0.25) is 11.8 Å². The number of aryl methyl sites for hydroxylation is 1. The Balaban J connectivity index is 1.58. The summed E-state index contributed by atoms with van der Waals surface area (Å²) in [6.07, 6.45) is 0.0824. The van der Waals surface area contributed by atoms with Gasteiger partial charge in [0.25, 0.3) is 0 Å². The van der Waals surface area contributed by atoms with E-state index in [0.29, 0.717) is 16.3 Å². The second-order valence-electron chi connectivity index (χ2n) is 6.88. The smallest absolute Gasteiger partial charge is 0.243 e. The van der Waals surface area contributed by atoms with Crippen molar-refractivity contribution in [3.05, 3.63) is 70.5 Å². The minimum absolute atomic E-state index is 0.0485. The van der Waals surface area contributed by atoms with E-state index < -0.39 is 0 Å². The SMILES string of the molecule is Cc1cccc(NC(=O)CN(C)C(=O)Cc2csc(-c3cccc(F)c3)n2)c1C. The van der Waals surface area contributed by atoms with E-state index in [2.05, 4.69) is 10.3 Å². The van der Waals surface area contributed by atoms with Crippen molar-refractivity contribution in [1.29, 1.82) is 0 Å². The van der Waals surface area contributed by atoms with Gasteiger partial charge in [-0.25, -0.2) is 9.37 Å². The first-order valence-corrected chi connectivity index (χ1v) is 10.0. The van der Waals surface area contributed by atoms with Gasteiger partial charge in [-0.05, 0) is 43.2 Å². The normalized spacial score (nSPS) is 10.6. The molecule has 150 valence electrons. The number of hydrogen-bond donors (Lipinski definition) is 1. The molecule has 1 N–H and O–H groups in total. The number of nitrogens with one attached hydrogen (secondary N) is 1. The molecule has 3 rings (SSSR count). The van der Waals surface area contributed by atoms with Crippen LogP contribution in [0.25, 0.3) is 10.6 Å². The van der Waals surface area contributed by atoms with Crippen molar-refractivity contribution < 1.29 is 14.0 Å². The van der Waals surface area contributed by atoms with E-state index in [-0.39, 0.29) is 30.6 Å². The third-order valence-electron chi connectivity index (χ3n) is 4.64. The van der Waals surface area contributed by atoms with Gasteiger partial charge >= 0.3 is 0 Å². The van der Waals surface area contributed by atoms with Crippen LogP contribution in [0, 0.1) is 19.7 Å². The summed E-state index contributed by atoms with van der Waals surface area (Å²) in [7, 11) is 1.59. The van der Waals surface area contributed by atoms with E-state index in [0.717, 1.165) is 16.8 Å². The maximum atomic E-state index is 13.4. The number of carbonyl (C=O) groups is 2. The quantitative estimate of drug-likeness (QED) is 0.661. The lowest BCUT2D eigenvalue weighted by Gasteiger charge is -2.17. The molecule has 1 aromatic heterocycles. The number of benzene rings is 2. The summed E-state index contributed by atoms with van der Waals surface area (Å²) in [6.45, 7) is 3.87. The highest BCUT2D eigenvalue weighted by Crippen LogP contribution is 2.24. The molecule has 0 fully saturated rings. The first kappa shape index (κ1) is 20.7. The van der Waals surface area contributed by atoms with E-state index in [1.165, 1.54) is 28.4 Å². The number of thiazole rings is 1. The molecule has 0 spiro atoms. The molecule has 3 aromatic rings. The fraction of sp³-hybridized carbons (Fsp3) is 0.227. The van der Waals surface area contributed by atoms with E-state index in [4.69, 9.17) is 0 Å². The molecule has 0 atom stereocenters. The highest BCUT2D eigenvalue weighted by atomic mass is 32.1. The molecule has 7 heteroatoms. The monoisotopic (exact) mass is 411 g/mol. The van der Waals surface area contributed by atoms with Gasteiger partial charge in [-0.15, -0.1) is 11.3 Å². The van der Waals surface area contributed by atoms with Gasteiger partial charge < -0.3 is 10.2 Å². The Hall–Kier alpha value is -3.06. The van der Waals surface area contributed by atoms with Crippen LogP contribution in [0.4, 0.5) is 10.1 Å². The Labute approximate surface area is 173 Å². The van der Waals surface area contributed by atoms with E-state index in [9.17, 15) is 14.0 Å². The number of rotatable bonds is 6. The third-order valence-corrected chi connectivity index (χ3v) is 5.58. The first-order chi connectivity index (χ1) is 13.8. The highest BCUT2D eigenvalue weighted by molar-refractivity contribution is 7.13. The second-order valence-corrected chi connectivity index (χ2v) is 7.73. The van der Waals surface area contributed by atoms with Crippen molar-refractivity contribution >= 4 is 28.8 Å². The van der Waals surface area contributed by atoms with Crippen molar-refractivity contribution in [1.82, 2.24) is 9.88 Å². The van der Waals surface area contributed by atoms with Gasteiger partial charge in [0, 0.05) is 23.7 Å². The van der Waals surface area contributed by atoms with Crippen LogP contribution in [0.5, 0.6) is 0 Å². The maximum absolute atomic E-state index is 13.4. The number of amides is 2. The van der Waals surface area contributed by atoms with Crippen molar-refractivity contribution in [3.63, 3.8) is 0 Å². The van der Waals surface area contributed by atoms with Gasteiger partial charge in [-0.2, -0.15) is 0 Å². The molecule has 2 amide bonds. The molecule has 0 aliphatic rings. The van der Waals surface area contributed by atoms with Gasteiger partial charge in [0.15, 0.2) is 0 Å². The van der Waals surface area contributed by atoms with E-state index in [1.54, 1.807) is 24.6 Å². The Morgan fingerprint density at radius 2 is 1.93 bits per heavy atom. The number of likely N-dealkylation sites (N-methyl/N-ethyl adjacent to an activating group) is 1. The molecular formula is C22H22FN3O2S. The minimum atomic E-state index is -0.329. The van der Waals surface area contributed by atoms with Gasteiger partial charge in [0.1, 0.15) is 10.8 Å². The topological polar surface area (TPSA) is 62.3 Å². The van der Waals surface area contributed by atoms with Crippen LogP contribution >= 0.6 is 11.3 Å². The summed E-state index contributed by atoms with van der Waals surface area (Å²) >= 11 is 1.36. The van der Waals surface area contributed by atoms with Crippen LogP contribution in [-0.2, 0) is 16.0 Å². The molecule has 2 aromatic carbocycles. The molecule has 0 saturated heterocycles. The first-order valence-electron chi connectivity index (χ1n) is 9.14. The number of halogens is 1. The lowest BCUT2D eigenvalue weighted by Crippen LogP contribution is -2.36. The molecule has 29 heavy (non-hydrogen) atoms. The molecule has 0 aliphatic heterocycles. The number of aromatic nitrogens is 1. The molecule has 0 aliphatic carbocycles. The largest absolute Gasteiger partial charge is 0.336 e. The van der Waals surface area contributed by atoms with Crippen LogP contribution in [0.1, 0.15) is 16.8 Å². The summed E-state index contributed by atoms with van der Waals surface area (Å²) in [6, 6.07) is 11.9. The van der Waals surface area contributed by atoms with Gasteiger partial charge in [-0.1, -0.05) is 24.3 Å². The molecule has 0 bridgehead atoms. The summed E-state index contributed by atoms with van der Waals surface area (Å²) in [4.78, 5) is 30.6. The molecular weight excluding hydrogens is 389 g/mol. The van der Waals surface area contributed by atoms with Crippen LogP contribution in [0.3, 0.4) is 0 Å². The number of hydrogen-bond acceptors (Lipinski definition) is 4. The molecule has 0 unspecified atom stereocenters. The Kier molecular flexibility index (Phi) is 6.39. The lowest BCUT2D eigenvalue weighted by molar-refractivity contribution is -0.132. The number of nitrogens with zero attached hydrogens (tertiary/aromatic N) is 2. The number of carbonyl (C=O) groups excluding carboxylic acids is 2. The summed E-state index contributed by atoms with van der Waals surface area (Å²) in [5.41, 5.74) is 4.11. The fourth-order valence-electron chi connectivity index (χ4n) is 2.81. The number of anilines is 1. The summed E-state index contributed by atoms with van der Waals surface area (Å²) in [5, 5.41) is 5.28. The van der Waals surface area contributed by atoms with Crippen LogP contribution in [0.15, 0.2) is 47.8 Å². The molecule has 5 nitrogen and oxygen atoms in total. The molecule has 0 saturated carbocycles. The zero-order valence-electron chi connectivity index (χ0n) is 16.5. The van der Waals surface area contributed by atoms with E-state index in [1.807, 2.05) is 32.0 Å². The average Bonchev–Trinajstić information content (AvgIpc) is 3.14. The Morgan fingerprint density at radius 3 is 2.69 bits per heavy atom. The fourth-order valence-corrected chi connectivity index (χ4v) is 3.63. The summed E-state index contributed by atoms with van der Waals surface area (Å²) in [5.74, 6) is -0.796. The second kappa shape index (κ2) is 8.96. The van der Waals surface area contributed by atoms with Gasteiger partial charge in [-0.3, -0.25) is 9.59 Å². The predicted molar refractivity (Wildman–Crippen MR) is 113 cm³/mol. The standard InChI is InChI=1S/C22H22FN3O2S/c1-14-6-4-9-19(15(14)2)25-20(27)12-26(3)21(28)11-18-13-29-22(24-18)16-7-5-8-17(23)10-16/h4-10,13H,11-12H2,1-3H3,(H,25,27). The third kappa shape index (κ3) is 5.26. The van der Waals surface area contributed by atoms with Crippen molar-refractivity contribution in [2.24, 2.45) is 0 Å². The van der Waals surface area contributed by atoms with Crippen molar-refractivity contribution in [3.8, 4) is 10.6 Å². The van der Waals surface area contributed by atoms with Crippen LogP contribution in [-0.4, -0.2) is 35.3 Å². The van der Waals surface area contributed by atoms with Gasteiger partial charge in [0.05, 0.1) is 18.7 Å². The van der Waals surface area contributed by atoms with Crippen LogP contribution in [0.2, 0.25) is 0 Å². The van der Waals surface area contributed by atoms with Crippen molar-refractivity contribution in [2.75, 3.05) is 18.9 Å². The van der Waals surface area contributed by atoms with E-state index >= 15 is 0 Å². The predicted octanol–water partition coefficient (Wildman–Crippen LogP) is 4.21. The summed E-state index contributed by atoms with van der Waals surface area (Å²) < 4.78 is 13.4. The van der Waals surface area contributed by atoms with Crippen molar-refractivity contribution in [2.45, 2.75) is 20.3 Å².